The predicted octanol–water partition coefficient (Wildman–Crippen LogP) is 3.09. The molecule has 3 nitrogen and oxygen atoms in total. The Morgan fingerprint density at radius 3 is 2.62 bits per heavy atom. The largest absolute Gasteiger partial charge is 0.406 e. The Hall–Kier alpha value is -0.850. The van der Waals surface area contributed by atoms with Gasteiger partial charge in [-0.25, -0.2) is 0 Å². The maximum atomic E-state index is 12.3. The van der Waals surface area contributed by atoms with Crippen LogP contribution in [-0.4, -0.2) is 20.9 Å². The molecule has 0 spiro atoms. The average Bonchev–Trinajstić information content (AvgIpc) is 2.47. The van der Waals surface area contributed by atoms with Gasteiger partial charge in [0.2, 0.25) is 0 Å². The van der Waals surface area contributed by atoms with Crippen molar-refractivity contribution in [1.82, 2.24) is 14.8 Å². The fourth-order valence-corrected chi connectivity index (χ4v) is 1.52. The molecule has 1 rings (SSSR count). The third-order valence-corrected chi connectivity index (χ3v) is 2.71. The second-order valence-corrected chi connectivity index (χ2v) is 4.25. The summed E-state index contributed by atoms with van der Waals surface area (Å²) in [7, 11) is 0. The molecule has 0 saturated carbocycles. The minimum absolute atomic E-state index is 0.0237. The molecule has 1 aromatic rings. The maximum absolute atomic E-state index is 12.3. The van der Waals surface area contributed by atoms with E-state index in [0.29, 0.717) is 12.2 Å². The summed E-state index contributed by atoms with van der Waals surface area (Å²) in [6.07, 6.45) is -2.88. The zero-order valence-electron chi connectivity index (χ0n) is 9.14. The van der Waals surface area contributed by atoms with Crippen LogP contribution < -0.4 is 0 Å². The Bertz CT molecular complexity index is 393. The lowest BCUT2D eigenvalue weighted by Crippen LogP contribution is -2.20. The molecule has 1 aromatic heterocycles. The van der Waals surface area contributed by atoms with Crippen molar-refractivity contribution < 1.29 is 13.2 Å². The Balaban J connectivity index is 2.90. The first kappa shape index (κ1) is 13.2. The SMILES string of the molecule is CCC(C)Cc1n[nH]c(=S)n1CC(F)(F)F. The van der Waals surface area contributed by atoms with Gasteiger partial charge < -0.3 is 0 Å². The third-order valence-electron chi connectivity index (χ3n) is 2.40. The molecular formula is C9H14F3N3S. The van der Waals surface area contributed by atoms with E-state index in [1.54, 1.807) is 0 Å². The Labute approximate surface area is 96.7 Å². The highest BCUT2D eigenvalue weighted by Gasteiger charge is 2.29. The molecule has 0 aliphatic heterocycles. The molecule has 1 N–H and O–H groups in total. The minimum Gasteiger partial charge on any atom is -0.295 e. The lowest BCUT2D eigenvalue weighted by Gasteiger charge is -2.12. The van der Waals surface area contributed by atoms with Gasteiger partial charge in [-0.2, -0.15) is 18.3 Å². The lowest BCUT2D eigenvalue weighted by molar-refractivity contribution is -0.141. The monoisotopic (exact) mass is 253 g/mol. The summed E-state index contributed by atoms with van der Waals surface area (Å²) < 4.78 is 37.9. The molecule has 1 heterocycles. The van der Waals surface area contributed by atoms with Crippen molar-refractivity contribution in [2.75, 3.05) is 0 Å². The second-order valence-electron chi connectivity index (χ2n) is 3.86. The van der Waals surface area contributed by atoms with Crippen LogP contribution in [-0.2, 0) is 13.0 Å². The molecule has 16 heavy (non-hydrogen) atoms. The van der Waals surface area contributed by atoms with Gasteiger partial charge in [-0.3, -0.25) is 9.67 Å². The van der Waals surface area contributed by atoms with Crippen molar-refractivity contribution in [3.8, 4) is 0 Å². The average molecular weight is 253 g/mol. The van der Waals surface area contributed by atoms with Crippen LogP contribution in [0.1, 0.15) is 26.1 Å². The number of rotatable bonds is 4. The summed E-state index contributed by atoms with van der Waals surface area (Å²) in [5.41, 5.74) is 0. The van der Waals surface area contributed by atoms with Crippen molar-refractivity contribution in [3.05, 3.63) is 10.6 Å². The molecule has 0 aromatic carbocycles. The third kappa shape index (κ3) is 3.62. The Morgan fingerprint density at radius 2 is 2.12 bits per heavy atom. The van der Waals surface area contributed by atoms with Gasteiger partial charge in [0.05, 0.1) is 0 Å². The number of hydrogen-bond acceptors (Lipinski definition) is 2. The number of nitrogens with one attached hydrogen (secondary N) is 1. The van der Waals surface area contributed by atoms with E-state index in [1.165, 1.54) is 0 Å². The molecule has 1 unspecified atom stereocenters. The van der Waals surface area contributed by atoms with Crippen molar-refractivity contribution in [3.63, 3.8) is 0 Å². The zero-order valence-corrected chi connectivity index (χ0v) is 9.95. The van der Waals surface area contributed by atoms with Crippen LogP contribution in [0.15, 0.2) is 0 Å². The summed E-state index contributed by atoms with van der Waals surface area (Å²) in [4.78, 5) is 0. The number of halogens is 3. The number of alkyl halides is 3. The number of aromatic nitrogens is 3. The van der Waals surface area contributed by atoms with E-state index in [9.17, 15) is 13.2 Å². The van der Waals surface area contributed by atoms with Gasteiger partial charge >= 0.3 is 6.18 Å². The molecule has 92 valence electrons. The van der Waals surface area contributed by atoms with E-state index >= 15 is 0 Å². The topological polar surface area (TPSA) is 33.6 Å². The summed E-state index contributed by atoms with van der Waals surface area (Å²) in [5.74, 6) is 0.661. The quantitative estimate of drug-likeness (QED) is 0.836. The number of hydrogen-bond donors (Lipinski definition) is 1. The van der Waals surface area contributed by atoms with E-state index in [2.05, 4.69) is 10.2 Å². The van der Waals surface area contributed by atoms with Crippen LogP contribution in [0.2, 0.25) is 0 Å². The molecule has 0 fully saturated rings. The Morgan fingerprint density at radius 1 is 1.50 bits per heavy atom. The fraction of sp³-hybridized carbons (Fsp3) is 0.778. The molecule has 0 aliphatic rings. The molecule has 0 bridgehead atoms. The molecule has 0 radical (unpaired) electrons. The van der Waals surface area contributed by atoms with E-state index in [-0.39, 0.29) is 10.7 Å². The highest BCUT2D eigenvalue weighted by molar-refractivity contribution is 7.71. The smallest absolute Gasteiger partial charge is 0.295 e. The Kier molecular flexibility index (Phi) is 4.12. The maximum Gasteiger partial charge on any atom is 0.406 e. The summed E-state index contributed by atoms with van der Waals surface area (Å²) in [6, 6.07) is 0. The molecule has 0 amide bonds. The molecule has 0 aliphatic carbocycles. The van der Waals surface area contributed by atoms with Gasteiger partial charge in [-0.15, -0.1) is 0 Å². The zero-order chi connectivity index (χ0) is 12.3. The van der Waals surface area contributed by atoms with E-state index < -0.39 is 12.7 Å². The summed E-state index contributed by atoms with van der Waals surface area (Å²) >= 11 is 4.77. The molecule has 1 atom stereocenters. The first-order valence-corrected chi connectivity index (χ1v) is 5.45. The minimum atomic E-state index is -4.27. The number of H-pyrrole nitrogens is 1. The van der Waals surface area contributed by atoms with Crippen molar-refractivity contribution >= 4 is 12.2 Å². The van der Waals surface area contributed by atoms with Gasteiger partial charge in [0, 0.05) is 6.42 Å². The van der Waals surface area contributed by atoms with Crippen molar-refractivity contribution in [2.45, 2.75) is 39.4 Å². The fourth-order valence-electron chi connectivity index (χ4n) is 1.30. The standard InChI is InChI=1S/C9H14F3N3S/c1-3-6(2)4-7-13-14-8(16)15(7)5-9(10,11)12/h6H,3-5H2,1-2H3,(H,14,16). The predicted molar refractivity (Wildman–Crippen MR) is 56.6 cm³/mol. The molecule has 7 heteroatoms. The van der Waals surface area contributed by atoms with Gasteiger partial charge in [0.1, 0.15) is 12.4 Å². The summed E-state index contributed by atoms with van der Waals surface area (Å²) in [6.45, 7) is 2.88. The van der Waals surface area contributed by atoms with E-state index in [1.807, 2.05) is 13.8 Å². The van der Waals surface area contributed by atoms with Gasteiger partial charge in [0.15, 0.2) is 4.77 Å². The molecular weight excluding hydrogens is 239 g/mol. The lowest BCUT2D eigenvalue weighted by atomic mass is 10.1. The van der Waals surface area contributed by atoms with Gasteiger partial charge in [-0.1, -0.05) is 20.3 Å². The first-order valence-electron chi connectivity index (χ1n) is 5.04. The van der Waals surface area contributed by atoms with Gasteiger partial charge in [0.25, 0.3) is 0 Å². The van der Waals surface area contributed by atoms with Crippen LogP contribution in [0, 0.1) is 10.7 Å². The highest BCUT2D eigenvalue weighted by Crippen LogP contribution is 2.19. The second kappa shape index (κ2) is 4.99. The number of nitrogens with zero attached hydrogens (tertiary/aromatic N) is 2. The van der Waals surface area contributed by atoms with Crippen LogP contribution in [0.4, 0.5) is 13.2 Å². The van der Waals surface area contributed by atoms with Crippen molar-refractivity contribution in [1.29, 1.82) is 0 Å². The highest BCUT2D eigenvalue weighted by atomic mass is 32.1. The van der Waals surface area contributed by atoms with Gasteiger partial charge in [-0.05, 0) is 18.1 Å². The van der Waals surface area contributed by atoms with Crippen LogP contribution in [0.3, 0.4) is 0 Å². The van der Waals surface area contributed by atoms with Crippen LogP contribution >= 0.6 is 12.2 Å². The normalized spacial score (nSPS) is 14.1. The number of aromatic amines is 1. The van der Waals surface area contributed by atoms with Crippen LogP contribution in [0.25, 0.3) is 0 Å². The summed E-state index contributed by atoms with van der Waals surface area (Å²) in [5, 5.41) is 6.24. The molecule has 0 saturated heterocycles. The van der Waals surface area contributed by atoms with E-state index in [0.717, 1.165) is 11.0 Å². The van der Waals surface area contributed by atoms with E-state index in [4.69, 9.17) is 12.2 Å². The van der Waals surface area contributed by atoms with Crippen LogP contribution in [0.5, 0.6) is 0 Å². The first-order chi connectivity index (χ1) is 7.33. The van der Waals surface area contributed by atoms with Crippen molar-refractivity contribution in [2.24, 2.45) is 5.92 Å².